The second-order valence-corrected chi connectivity index (χ2v) is 6.01. The number of H-pyrrole nitrogens is 1. The number of rotatable bonds is 5. The molecule has 1 amide bonds. The summed E-state index contributed by atoms with van der Waals surface area (Å²) >= 11 is 1.54. The van der Waals surface area contributed by atoms with Crippen LogP contribution in [0.15, 0.2) is 17.3 Å². The molecule has 0 radical (unpaired) electrons. The summed E-state index contributed by atoms with van der Waals surface area (Å²) in [6.07, 6.45) is 1.66. The number of hydrogen-bond donors (Lipinski definition) is 2. The minimum absolute atomic E-state index is 0.125. The van der Waals surface area contributed by atoms with Crippen LogP contribution in [0.2, 0.25) is 0 Å². The second-order valence-electron chi connectivity index (χ2n) is 4.89. The summed E-state index contributed by atoms with van der Waals surface area (Å²) in [5.41, 5.74) is 1.58. The molecule has 1 aliphatic heterocycles. The molecular weight excluding hydrogens is 290 g/mol. The van der Waals surface area contributed by atoms with Gasteiger partial charge in [0.2, 0.25) is 0 Å². The van der Waals surface area contributed by atoms with Gasteiger partial charge in [0.05, 0.1) is 18.4 Å². The van der Waals surface area contributed by atoms with E-state index in [1.165, 1.54) is 0 Å². The third kappa shape index (κ3) is 3.42. The molecule has 0 aliphatic carbocycles. The van der Waals surface area contributed by atoms with Crippen molar-refractivity contribution in [3.63, 3.8) is 0 Å². The van der Waals surface area contributed by atoms with Crippen LogP contribution in [0, 0.1) is 0 Å². The molecule has 112 valence electrons. The Bertz CT molecular complexity index is 609. The number of likely N-dealkylation sites (N-methyl/N-ethyl adjacent to an activating group) is 1. The lowest BCUT2D eigenvalue weighted by Gasteiger charge is -2.22. The predicted octanol–water partition coefficient (Wildman–Crippen LogP) is -0.0313. The van der Waals surface area contributed by atoms with Gasteiger partial charge in [0.25, 0.3) is 5.91 Å². The van der Waals surface area contributed by atoms with Crippen molar-refractivity contribution < 1.29 is 4.79 Å². The first-order valence-electron chi connectivity index (χ1n) is 6.74. The van der Waals surface area contributed by atoms with Crippen LogP contribution in [-0.2, 0) is 13.1 Å². The van der Waals surface area contributed by atoms with E-state index in [-0.39, 0.29) is 5.91 Å². The molecule has 2 N–H and O–H groups in total. The van der Waals surface area contributed by atoms with Crippen molar-refractivity contribution in [3.05, 3.63) is 23.7 Å². The number of thioether (sulfide) groups is 1. The molecule has 8 nitrogen and oxygen atoms in total. The van der Waals surface area contributed by atoms with Crippen LogP contribution < -0.4 is 5.32 Å². The Kier molecular flexibility index (Phi) is 4.20. The zero-order chi connectivity index (χ0) is 14.7. The fourth-order valence-electron chi connectivity index (χ4n) is 2.18. The number of carbonyl (C=O) groups is 1. The summed E-state index contributed by atoms with van der Waals surface area (Å²) in [5, 5.41) is 18.3. The Labute approximate surface area is 126 Å². The lowest BCUT2D eigenvalue weighted by molar-refractivity contribution is 0.0950. The van der Waals surface area contributed by atoms with Crippen LogP contribution in [0.3, 0.4) is 0 Å². The van der Waals surface area contributed by atoms with E-state index in [1.807, 2.05) is 10.7 Å². The van der Waals surface area contributed by atoms with Crippen molar-refractivity contribution in [2.24, 2.45) is 0 Å². The van der Waals surface area contributed by atoms with E-state index in [0.29, 0.717) is 12.2 Å². The van der Waals surface area contributed by atoms with Gasteiger partial charge in [-0.1, -0.05) is 0 Å². The third-order valence-corrected chi connectivity index (χ3v) is 4.15. The maximum Gasteiger partial charge on any atom is 0.271 e. The normalized spacial score (nSPS) is 14.9. The molecule has 21 heavy (non-hydrogen) atoms. The molecule has 0 fully saturated rings. The maximum atomic E-state index is 12.1. The van der Waals surface area contributed by atoms with Crippen LogP contribution in [0.5, 0.6) is 0 Å². The molecule has 1 aliphatic rings. The smallest absolute Gasteiger partial charge is 0.271 e. The minimum atomic E-state index is -0.125. The molecular formula is C12H17N7OS. The van der Waals surface area contributed by atoms with E-state index in [2.05, 4.69) is 37.8 Å². The highest BCUT2D eigenvalue weighted by Gasteiger charge is 2.18. The molecule has 0 aromatic carbocycles. The first kappa shape index (κ1) is 14.1. The first-order valence-corrected chi connectivity index (χ1v) is 7.73. The van der Waals surface area contributed by atoms with Crippen LogP contribution in [0.1, 0.15) is 16.2 Å². The van der Waals surface area contributed by atoms with Crippen molar-refractivity contribution >= 4 is 17.7 Å². The average molecular weight is 307 g/mol. The first-order chi connectivity index (χ1) is 10.2. The summed E-state index contributed by atoms with van der Waals surface area (Å²) in [4.78, 5) is 14.3. The van der Waals surface area contributed by atoms with Gasteiger partial charge in [0.1, 0.15) is 10.7 Å². The summed E-state index contributed by atoms with van der Waals surface area (Å²) in [6, 6.07) is 1.87. The molecule has 0 saturated heterocycles. The zero-order valence-corrected chi connectivity index (χ0v) is 12.6. The van der Waals surface area contributed by atoms with Gasteiger partial charge >= 0.3 is 0 Å². The largest absolute Gasteiger partial charge is 0.350 e. The fourth-order valence-corrected chi connectivity index (χ4v) is 2.83. The van der Waals surface area contributed by atoms with E-state index in [0.717, 1.165) is 36.1 Å². The highest BCUT2D eigenvalue weighted by molar-refractivity contribution is 7.99. The molecule has 2 aromatic rings. The molecule has 3 rings (SSSR count). The topological polar surface area (TPSA) is 91.7 Å². The number of nitrogens with one attached hydrogen (secondary N) is 2. The van der Waals surface area contributed by atoms with Crippen LogP contribution in [0.4, 0.5) is 0 Å². The van der Waals surface area contributed by atoms with E-state index in [4.69, 9.17) is 0 Å². The van der Waals surface area contributed by atoms with Gasteiger partial charge in [0, 0.05) is 25.4 Å². The SMILES string of the molecule is CN1CCn2nc(C(=O)NCCSc3cn[nH]n3)cc2C1. The van der Waals surface area contributed by atoms with E-state index in [1.54, 1.807) is 18.0 Å². The number of hydrogen-bond acceptors (Lipinski definition) is 6. The molecule has 2 aromatic heterocycles. The van der Waals surface area contributed by atoms with Gasteiger partial charge in [-0.15, -0.1) is 16.9 Å². The number of nitrogens with zero attached hydrogens (tertiary/aromatic N) is 5. The highest BCUT2D eigenvalue weighted by Crippen LogP contribution is 2.13. The van der Waals surface area contributed by atoms with Crippen molar-refractivity contribution in [1.29, 1.82) is 0 Å². The third-order valence-electron chi connectivity index (χ3n) is 3.25. The Balaban J connectivity index is 1.49. The number of fused-ring (bicyclic) bond motifs is 1. The molecule has 0 unspecified atom stereocenters. The van der Waals surface area contributed by atoms with Gasteiger partial charge in [-0.05, 0) is 13.1 Å². The van der Waals surface area contributed by atoms with Gasteiger partial charge in [-0.2, -0.15) is 15.4 Å². The van der Waals surface area contributed by atoms with Crippen molar-refractivity contribution in [2.75, 3.05) is 25.9 Å². The van der Waals surface area contributed by atoms with Crippen molar-refractivity contribution in [2.45, 2.75) is 18.1 Å². The molecule has 0 saturated carbocycles. The molecule has 0 spiro atoms. The number of carbonyl (C=O) groups excluding carboxylic acids is 1. The Morgan fingerprint density at radius 3 is 3.24 bits per heavy atom. The molecule has 0 bridgehead atoms. The summed E-state index contributed by atoms with van der Waals surface area (Å²) in [7, 11) is 2.07. The molecule has 3 heterocycles. The van der Waals surface area contributed by atoms with Gasteiger partial charge in [0.15, 0.2) is 0 Å². The number of aromatic amines is 1. The Morgan fingerprint density at radius 1 is 1.52 bits per heavy atom. The van der Waals surface area contributed by atoms with E-state index < -0.39 is 0 Å². The summed E-state index contributed by atoms with van der Waals surface area (Å²) < 4.78 is 1.92. The highest BCUT2D eigenvalue weighted by atomic mass is 32.2. The average Bonchev–Trinajstić information content (AvgIpc) is 3.11. The summed E-state index contributed by atoms with van der Waals surface area (Å²) in [6.45, 7) is 3.20. The Hall–Kier alpha value is -1.87. The number of amides is 1. The van der Waals surface area contributed by atoms with E-state index >= 15 is 0 Å². The minimum Gasteiger partial charge on any atom is -0.350 e. The fraction of sp³-hybridized carbons (Fsp3) is 0.500. The van der Waals surface area contributed by atoms with Gasteiger partial charge in [-0.3, -0.25) is 14.4 Å². The van der Waals surface area contributed by atoms with Crippen LogP contribution in [-0.4, -0.2) is 61.9 Å². The van der Waals surface area contributed by atoms with Crippen LogP contribution >= 0.6 is 11.8 Å². The second kappa shape index (κ2) is 6.27. The maximum absolute atomic E-state index is 12.1. The van der Waals surface area contributed by atoms with Crippen LogP contribution in [0.25, 0.3) is 0 Å². The quantitative estimate of drug-likeness (QED) is 0.595. The van der Waals surface area contributed by atoms with Crippen molar-refractivity contribution in [1.82, 2.24) is 35.4 Å². The van der Waals surface area contributed by atoms with Gasteiger partial charge < -0.3 is 5.32 Å². The Morgan fingerprint density at radius 2 is 2.43 bits per heavy atom. The predicted molar refractivity (Wildman–Crippen MR) is 78.0 cm³/mol. The number of aromatic nitrogens is 5. The van der Waals surface area contributed by atoms with Gasteiger partial charge in [-0.25, -0.2) is 0 Å². The zero-order valence-electron chi connectivity index (χ0n) is 11.7. The summed E-state index contributed by atoms with van der Waals surface area (Å²) in [5.74, 6) is 0.620. The van der Waals surface area contributed by atoms with Crippen molar-refractivity contribution in [3.8, 4) is 0 Å². The molecule has 9 heteroatoms. The lowest BCUT2D eigenvalue weighted by atomic mass is 10.3. The molecule has 0 atom stereocenters. The van der Waals surface area contributed by atoms with E-state index in [9.17, 15) is 4.79 Å². The monoisotopic (exact) mass is 307 g/mol. The lowest BCUT2D eigenvalue weighted by Crippen LogP contribution is -2.30. The standard InChI is InChI=1S/C12H17N7OS/c1-18-3-4-19-9(8-18)6-10(16-19)12(20)13-2-5-21-11-7-14-17-15-11/h6-7H,2-5,8H2,1H3,(H,13,20)(H,14,15,17).